The molecule has 0 spiro atoms. The van der Waals surface area contributed by atoms with Gasteiger partial charge in [0, 0.05) is 23.8 Å². The van der Waals surface area contributed by atoms with E-state index in [1.54, 1.807) is 30.3 Å². The zero-order valence-corrected chi connectivity index (χ0v) is 22.2. The van der Waals surface area contributed by atoms with Crippen LogP contribution in [0.15, 0.2) is 76.5 Å². The number of carboxylic acid groups (broad SMARTS) is 1. The second kappa shape index (κ2) is 13.6. The first-order chi connectivity index (χ1) is 16.7. The molecule has 4 N–H and O–H groups in total. The lowest BCUT2D eigenvalue weighted by Crippen LogP contribution is -2.23. The van der Waals surface area contributed by atoms with Gasteiger partial charge in [-0.2, -0.15) is 0 Å². The predicted octanol–water partition coefficient (Wildman–Crippen LogP) is 4.98. The minimum Gasteiger partial charge on any atom is -0.478 e. The van der Waals surface area contributed by atoms with E-state index in [0.29, 0.717) is 36.8 Å². The molecule has 7 nitrogen and oxygen atoms in total. The highest BCUT2D eigenvalue weighted by Crippen LogP contribution is 2.26. The summed E-state index contributed by atoms with van der Waals surface area (Å²) in [4.78, 5) is 11.7. The van der Waals surface area contributed by atoms with E-state index in [9.17, 15) is 23.4 Å². The molecule has 3 aromatic carbocycles. The molecule has 0 heterocycles. The van der Waals surface area contributed by atoms with Gasteiger partial charge in [-0.3, -0.25) is 0 Å². The lowest BCUT2D eigenvalue weighted by molar-refractivity contribution is 0.0697. The lowest BCUT2D eigenvalue weighted by atomic mass is 10.1. The number of anilines is 1. The van der Waals surface area contributed by atoms with Gasteiger partial charge in [-0.05, 0) is 73.0 Å². The van der Waals surface area contributed by atoms with Crippen molar-refractivity contribution >= 4 is 45.5 Å². The summed E-state index contributed by atoms with van der Waals surface area (Å²) in [7, 11) is -3.87. The average molecular weight is 554 g/mol. The number of benzene rings is 3. The van der Waals surface area contributed by atoms with Crippen molar-refractivity contribution in [1.82, 2.24) is 5.32 Å². The number of nitrogens with one attached hydrogen (secondary N) is 2. The Morgan fingerprint density at radius 3 is 2.33 bits per heavy atom. The van der Waals surface area contributed by atoms with E-state index < -0.39 is 21.9 Å². The highest BCUT2D eigenvalue weighted by Gasteiger charge is 2.21. The van der Waals surface area contributed by atoms with Crippen LogP contribution in [0.4, 0.5) is 5.69 Å². The van der Waals surface area contributed by atoms with Gasteiger partial charge in [-0.25, -0.2) is 13.2 Å². The standard InChI is InChI=1S/C26H29ClN2O5S.ClH/c1-2-13-29-24-11-10-22(16-23(24)26(31)32)35(33,34)21-8-6-18(7-9-21)12-14-28-17-25(30)19-4-3-5-20(27)15-19;/h3-11,15-16,25,28-30H,2,12-14,17H2,1H3,(H,31,32);1H/t25-;/m0./s1. The van der Waals surface area contributed by atoms with Gasteiger partial charge in [0.15, 0.2) is 0 Å². The number of rotatable bonds is 12. The molecule has 0 saturated carbocycles. The van der Waals surface area contributed by atoms with Crippen molar-refractivity contribution in [3.8, 4) is 0 Å². The number of aliphatic hydroxyl groups excluding tert-OH is 1. The third kappa shape index (κ3) is 7.69. The molecule has 0 saturated heterocycles. The third-order valence-corrected chi connectivity index (χ3v) is 7.49. The number of aliphatic hydroxyl groups is 1. The smallest absolute Gasteiger partial charge is 0.337 e. The van der Waals surface area contributed by atoms with Crippen molar-refractivity contribution in [2.75, 3.05) is 25.0 Å². The fourth-order valence-corrected chi connectivity index (χ4v) is 5.04. The van der Waals surface area contributed by atoms with E-state index in [1.807, 2.05) is 13.0 Å². The molecule has 0 radical (unpaired) electrons. The average Bonchev–Trinajstić information content (AvgIpc) is 2.85. The Morgan fingerprint density at radius 1 is 1.00 bits per heavy atom. The molecule has 0 aliphatic carbocycles. The molecule has 3 rings (SSSR count). The predicted molar refractivity (Wildman–Crippen MR) is 144 cm³/mol. The Hall–Kier alpha value is -2.62. The quantitative estimate of drug-likeness (QED) is 0.234. The minimum absolute atomic E-state index is 0. The maximum Gasteiger partial charge on any atom is 0.337 e. The summed E-state index contributed by atoms with van der Waals surface area (Å²) in [5.74, 6) is -1.19. The molecule has 36 heavy (non-hydrogen) atoms. The Labute approximate surface area is 222 Å². The van der Waals surface area contributed by atoms with Crippen LogP contribution < -0.4 is 10.6 Å². The minimum atomic E-state index is -3.87. The van der Waals surface area contributed by atoms with Crippen molar-refractivity contribution in [2.24, 2.45) is 0 Å². The van der Waals surface area contributed by atoms with Crippen LogP contribution in [0.2, 0.25) is 5.02 Å². The van der Waals surface area contributed by atoms with Crippen LogP contribution in [0, 0.1) is 0 Å². The summed E-state index contributed by atoms with van der Waals surface area (Å²) in [5.41, 5.74) is 1.97. The third-order valence-electron chi connectivity index (χ3n) is 5.49. The Balaban J connectivity index is 0.00000456. The number of hydrogen-bond acceptors (Lipinski definition) is 6. The molecule has 0 unspecified atom stereocenters. The SMILES string of the molecule is CCCNc1ccc(S(=O)(=O)c2ccc(CCNC[C@H](O)c3cccc(Cl)c3)cc2)cc1C(=O)O.Cl. The van der Waals surface area contributed by atoms with E-state index in [2.05, 4.69) is 10.6 Å². The number of carboxylic acids is 1. The molecule has 1 atom stereocenters. The van der Waals surface area contributed by atoms with Gasteiger partial charge in [-0.1, -0.05) is 42.8 Å². The van der Waals surface area contributed by atoms with Crippen LogP contribution in [0.3, 0.4) is 0 Å². The summed E-state index contributed by atoms with van der Waals surface area (Å²) in [6.45, 7) is 3.50. The summed E-state index contributed by atoms with van der Waals surface area (Å²) in [6.07, 6.45) is 0.771. The maximum atomic E-state index is 13.1. The summed E-state index contributed by atoms with van der Waals surface area (Å²) < 4.78 is 26.2. The summed E-state index contributed by atoms with van der Waals surface area (Å²) in [6, 6.07) is 17.7. The first kappa shape index (κ1) is 29.6. The van der Waals surface area contributed by atoms with Gasteiger partial charge in [0.25, 0.3) is 0 Å². The zero-order chi connectivity index (χ0) is 25.4. The van der Waals surface area contributed by atoms with Crippen LogP contribution in [0.1, 0.15) is 40.9 Å². The molecule has 10 heteroatoms. The number of hydrogen-bond donors (Lipinski definition) is 4. The van der Waals surface area contributed by atoms with Gasteiger partial charge in [0.05, 0.1) is 21.5 Å². The van der Waals surface area contributed by atoms with Crippen molar-refractivity contribution in [3.63, 3.8) is 0 Å². The number of halogens is 2. The van der Waals surface area contributed by atoms with Crippen molar-refractivity contribution in [2.45, 2.75) is 35.7 Å². The molecule has 0 amide bonds. The van der Waals surface area contributed by atoms with Crippen LogP contribution >= 0.6 is 24.0 Å². The molecular weight excluding hydrogens is 523 g/mol. The van der Waals surface area contributed by atoms with Crippen LogP contribution in [-0.4, -0.2) is 44.2 Å². The van der Waals surface area contributed by atoms with Crippen LogP contribution in [0.25, 0.3) is 0 Å². The second-order valence-electron chi connectivity index (χ2n) is 8.11. The van der Waals surface area contributed by atoms with E-state index in [0.717, 1.165) is 17.5 Å². The Morgan fingerprint density at radius 2 is 1.69 bits per heavy atom. The Kier molecular flexibility index (Phi) is 11.2. The summed E-state index contributed by atoms with van der Waals surface area (Å²) in [5, 5.41) is 26.5. The number of carbonyl (C=O) groups is 1. The first-order valence-electron chi connectivity index (χ1n) is 11.3. The zero-order valence-electron chi connectivity index (χ0n) is 19.8. The van der Waals surface area contributed by atoms with E-state index in [1.165, 1.54) is 30.3 Å². The molecule has 194 valence electrons. The molecular formula is C26H30Cl2N2O5S. The molecule has 3 aromatic rings. The summed E-state index contributed by atoms with van der Waals surface area (Å²) >= 11 is 5.96. The van der Waals surface area contributed by atoms with Gasteiger partial charge in [0.1, 0.15) is 0 Å². The highest BCUT2D eigenvalue weighted by molar-refractivity contribution is 7.91. The van der Waals surface area contributed by atoms with Crippen molar-refractivity contribution in [3.05, 3.63) is 88.4 Å². The second-order valence-corrected chi connectivity index (χ2v) is 10.5. The molecule has 0 aliphatic heterocycles. The largest absolute Gasteiger partial charge is 0.478 e. The lowest BCUT2D eigenvalue weighted by Gasteiger charge is -2.13. The van der Waals surface area contributed by atoms with Crippen LogP contribution in [0.5, 0.6) is 0 Å². The first-order valence-corrected chi connectivity index (χ1v) is 13.2. The fourth-order valence-electron chi connectivity index (χ4n) is 3.56. The van der Waals surface area contributed by atoms with Crippen LogP contribution in [-0.2, 0) is 16.3 Å². The van der Waals surface area contributed by atoms with Gasteiger partial charge in [-0.15, -0.1) is 12.4 Å². The van der Waals surface area contributed by atoms with Crippen molar-refractivity contribution < 1.29 is 23.4 Å². The highest BCUT2D eigenvalue weighted by atomic mass is 35.5. The molecule has 0 bridgehead atoms. The van der Waals surface area contributed by atoms with Crippen molar-refractivity contribution in [1.29, 1.82) is 0 Å². The van der Waals surface area contributed by atoms with E-state index in [4.69, 9.17) is 11.6 Å². The monoisotopic (exact) mass is 552 g/mol. The van der Waals surface area contributed by atoms with Gasteiger partial charge >= 0.3 is 5.97 Å². The van der Waals surface area contributed by atoms with E-state index in [-0.39, 0.29) is 27.8 Å². The molecule has 0 aliphatic rings. The molecule has 0 aromatic heterocycles. The topological polar surface area (TPSA) is 116 Å². The Bertz CT molecular complexity index is 1270. The molecule has 0 fully saturated rings. The normalized spacial score (nSPS) is 12.0. The maximum absolute atomic E-state index is 13.1. The van der Waals surface area contributed by atoms with Gasteiger partial charge in [0.2, 0.25) is 9.84 Å². The van der Waals surface area contributed by atoms with Gasteiger partial charge < -0.3 is 20.8 Å². The van der Waals surface area contributed by atoms with E-state index >= 15 is 0 Å². The number of sulfone groups is 1. The number of aromatic carboxylic acids is 1. The fraction of sp³-hybridized carbons (Fsp3) is 0.269.